The molecule has 59 valence electrons. The molecule has 0 aromatic carbocycles. The van der Waals surface area contributed by atoms with Crippen LogP contribution in [0, 0.1) is 13.8 Å². The van der Waals surface area contributed by atoms with E-state index in [4.69, 9.17) is 0 Å². The second kappa shape index (κ2) is 2.42. The van der Waals surface area contributed by atoms with Crippen LogP contribution in [-0.4, -0.2) is 10.5 Å². The van der Waals surface area contributed by atoms with Crippen LogP contribution in [0.4, 0.5) is 0 Å². The highest BCUT2D eigenvalue weighted by Crippen LogP contribution is 2.14. The summed E-state index contributed by atoms with van der Waals surface area (Å²) in [5, 5.41) is 10.5. The van der Waals surface area contributed by atoms with Gasteiger partial charge in [0.05, 0.1) is 5.56 Å². The molecule has 3 nitrogen and oxygen atoms in total. The van der Waals surface area contributed by atoms with E-state index in [0.717, 1.165) is 11.3 Å². The largest absolute Gasteiger partial charge is 0.388 e. The molecular weight excluding hydrogens is 142 g/mol. The van der Waals surface area contributed by atoms with Crippen molar-refractivity contribution in [1.29, 1.82) is 0 Å². The quantitative estimate of drug-likeness (QED) is 0.596. The Morgan fingerprint density at radius 1 is 1.45 bits per heavy atom. The van der Waals surface area contributed by atoms with Crippen LogP contribution >= 0.6 is 0 Å². The summed E-state index contributed by atoms with van der Waals surface area (Å²) in [6, 6.07) is 0. The molecule has 0 saturated heterocycles. The Bertz CT molecular complexity index is 299. The van der Waals surface area contributed by atoms with E-state index in [9.17, 15) is 9.90 Å². The maximum Gasteiger partial charge on any atom is 0.388 e. The second-order valence-electron chi connectivity index (χ2n) is 2.67. The SMILES string of the molecule is Cc1cn(C)c(C)c1C([O])=O. The summed E-state index contributed by atoms with van der Waals surface area (Å²) in [6.45, 7) is 3.52. The summed E-state index contributed by atoms with van der Waals surface area (Å²) in [5.74, 6) is -1.10. The van der Waals surface area contributed by atoms with E-state index in [1.165, 1.54) is 0 Å². The monoisotopic (exact) mass is 152 g/mol. The molecule has 3 heteroatoms. The van der Waals surface area contributed by atoms with E-state index in [0.29, 0.717) is 5.56 Å². The minimum absolute atomic E-state index is 0.313. The first-order valence-electron chi connectivity index (χ1n) is 3.38. The second-order valence-corrected chi connectivity index (χ2v) is 2.67. The molecule has 0 fully saturated rings. The predicted molar refractivity (Wildman–Crippen MR) is 39.9 cm³/mol. The average Bonchev–Trinajstić information content (AvgIpc) is 2.07. The molecule has 0 aliphatic rings. The number of carbonyl (C=O) groups is 1. The van der Waals surface area contributed by atoms with Crippen molar-refractivity contribution in [3.8, 4) is 0 Å². The van der Waals surface area contributed by atoms with Gasteiger partial charge >= 0.3 is 5.97 Å². The van der Waals surface area contributed by atoms with Crippen molar-refractivity contribution in [3.05, 3.63) is 23.0 Å². The van der Waals surface area contributed by atoms with Crippen LogP contribution in [0.3, 0.4) is 0 Å². The van der Waals surface area contributed by atoms with Crippen LogP contribution in [0.15, 0.2) is 6.20 Å². The maximum absolute atomic E-state index is 10.5. The standard InChI is InChI=1S/C8H10NO2/c1-5-4-9(3)6(2)7(5)8(10)11/h4H,1-3H3. The Kier molecular flexibility index (Phi) is 1.72. The molecule has 1 aromatic heterocycles. The molecule has 0 saturated carbocycles. The third-order valence-corrected chi connectivity index (χ3v) is 1.88. The van der Waals surface area contributed by atoms with Gasteiger partial charge in [-0.15, -0.1) is 0 Å². The van der Waals surface area contributed by atoms with Gasteiger partial charge in [0.15, 0.2) is 0 Å². The summed E-state index contributed by atoms with van der Waals surface area (Å²) in [6.07, 6.45) is 1.78. The number of aryl methyl sites for hydroxylation is 2. The summed E-state index contributed by atoms with van der Waals surface area (Å²) in [4.78, 5) is 10.5. The van der Waals surface area contributed by atoms with Crippen LogP contribution in [0.1, 0.15) is 21.6 Å². The zero-order valence-electron chi connectivity index (χ0n) is 6.84. The number of aromatic nitrogens is 1. The molecule has 1 aromatic rings. The Labute approximate surface area is 65.3 Å². The lowest BCUT2D eigenvalue weighted by Crippen LogP contribution is -1.98. The highest BCUT2D eigenvalue weighted by molar-refractivity contribution is 5.90. The molecular formula is C8H10NO2. The van der Waals surface area contributed by atoms with Gasteiger partial charge < -0.3 is 4.57 Å². The number of hydrogen-bond acceptors (Lipinski definition) is 1. The highest BCUT2D eigenvalue weighted by atomic mass is 16.4. The predicted octanol–water partition coefficient (Wildman–Crippen LogP) is 1.21. The van der Waals surface area contributed by atoms with E-state index in [1.807, 2.05) is 7.05 Å². The molecule has 0 unspecified atom stereocenters. The number of carbonyl (C=O) groups excluding carboxylic acids is 1. The first kappa shape index (κ1) is 7.85. The van der Waals surface area contributed by atoms with E-state index in [1.54, 1.807) is 24.6 Å². The summed E-state index contributed by atoms with van der Waals surface area (Å²) in [5.41, 5.74) is 1.81. The van der Waals surface area contributed by atoms with E-state index >= 15 is 0 Å². The topological polar surface area (TPSA) is 41.9 Å². The molecule has 1 heterocycles. The summed E-state index contributed by atoms with van der Waals surface area (Å²) >= 11 is 0. The van der Waals surface area contributed by atoms with Crippen molar-refractivity contribution in [2.45, 2.75) is 13.8 Å². The van der Waals surface area contributed by atoms with Gasteiger partial charge in [-0.1, -0.05) is 0 Å². The maximum atomic E-state index is 10.5. The number of nitrogens with zero attached hydrogens (tertiary/aromatic N) is 1. The van der Waals surface area contributed by atoms with Gasteiger partial charge in [0.25, 0.3) is 0 Å². The Morgan fingerprint density at radius 2 is 2.00 bits per heavy atom. The molecule has 0 aliphatic heterocycles. The number of hydrogen-bond donors (Lipinski definition) is 0. The van der Waals surface area contributed by atoms with Gasteiger partial charge in [0.1, 0.15) is 0 Å². The molecule has 0 N–H and O–H groups in total. The summed E-state index contributed by atoms with van der Waals surface area (Å²) < 4.78 is 1.78. The van der Waals surface area contributed by atoms with Gasteiger partial charge in [-0.05, 0) is 19.4 Å². The van der Waals surface area contributed by atoms with Crippen LogP contribution in [0.5, 0.6) is 0 Å². The zero-order valence-corrected chi connectivity index (χ0v) is 6.84. The van der Waals surface area contributed by atoms with E-state index in [2.05, 4.69) is 0 Å². The average molecular weight is 152 g/mol. The van der Waals surface area contributed by atoms with Crippen molar-refractivity contribution in [2.75, 3.05) is 0 Å². The van der Waals surface area contributed by atoms with Crippen molar-refractivity contribution >= 4 is 5.97 Å². The minimum Gasteiger partial charge on any atom is -0.354 e. The Balaban J connectivity index is 3.34. The van der Waals surface area contributed by atoms with Gasteiger partial charge in [0.2, 0.25) is 0 Å². The first-order valence-corrected chi connectivity index (χ1v) is 3.38. The summed E-state index contributed by atoms with van der Waals surface area (Å²) in [7, 11) is 1.81. The molecule has 0 amide bonds. The lowest BCUT2D eigenvalue weighted by Gasteiger charge is -1.94. The minimum atomic E-state index is -1.10. The van der Waals surface area contributed by atoms with Crippen molar-refractivity contribution in [2.24, 2.45) is 7.05 Å². The highest BCUT2D eigenvalue weighted by Gasteiger charge is 2.15. The zero-order chi connectivity index (χ0) is 8.59. The fourth-order valence-electron chi connectivity index (χ4n) is 1.22. The molecule has 0 atom stereocenters. The molecule has 1 radical (unpaired) electrons. The lowest BCUT2D eigenvalue weighted by atomic mass is 10.2. The number of rotatable bonds is 1. The Morgan fingerprint density at radius 3 is 2.18 bits per heavy atom. The third-order valence-electron chi connectivity index (χ3n) is 1.88. The normalized spacial score (nSPS) is 10.1. The van der Waals surface area contributed by atoms with E-state index in [-0.39, 0.29) is 0 Å². The Hall–Kier alpha value is -1.25. The third kappa shape index (κ3) is 1.13. The van der Waals surface area contributed by atoms with Gasteiger partial charge in [0, 0.05) is 18.9 Å². The van der Waals surface area contributed by atoms with Crippen molar-refractivity contribution in [3.63, 3.8) is 0 Å². The molecule has 1 rings (SSSR count). The first-order chi connectivity index (χ1) is 5.04. The molecule has 0 aliphatic carbocycles. The van der Waals surface area contributed by atoms with Crippen LogP contribution in [0.25, 0.3) is 0 Å². The lowest BCUT2D eigenvalue weighted by molar-refractivity contribution is 0.0571. The van der Waals surface area contributed by atoms with Crippen LogP contribution in [0.2, 0.25) is 0 Å². The smallest absolute Gasteiger partial charge is 0.354 e. The molecule has 11 heavy (non-hydrogen) atoms. The fraction of sp³-hybridized carbons (Fsp3) is 0.375. The van der Waals surface area contributed by atoms with Crippen LogP contribution in [-0.2, 0) is 12.2 Å². The van der Waals surface area contributed by atoms with Gasteiger partial charge in [-0.3, -0.25) is 0 Å². The molecule has 0 bridgehead atoms. The van der Waals surface area contributed by atoms with Crippen LogP contribution < -0.4 is 0 Å². The molecule has 0 spiro atoms. The van der Waals surface area contributed by atoms with Gasteiger partial charge in [-0.25, -0.2) is 9.90 Å². The van der Waals surface area contributed by atoms with Gasteiger partial charge in [-0.2, -0.15) is 0 Å². The van der Waals surface area contributed by atoms with Crippen molar-refractivity contribution in [1.82, 2.24) is 4.57 Å². The fourth-order valence-corrected chi connectivity index (χ4v) is 1.22. The van der Waals surface area contributed by atoms with Crippen molar-refractivity contribution < 1.29 is 9.90 Å². The van der Waals surface area contributed by atoms with E-state index < -0.39 is 5.97 Å².